The van der Waals surface area contributed by atoms with Crippen LogP contribution in [0.1, 0.15) is 48.0 Å². The number of rotatable bonds is 3. The van der Waals surface area contributed by atoms with Crippen LogP contribution >= 0.6 is 0 Å². The van der Waals surface area contributed by atoms with Crippen LogP contribution in [0.15, 0.2) is 0 Å². The lowest BCUT2D eigenvalue weighted by molar-refractivity contribution is -0.162. The zero-order chi connectivity index (χ0) is 18.9. The molecule has 0 unspecified atom stereocenters. The van der Waals surface area contributed by atoms with E-state index in [2.05, 4.69) is 0 Å². The van der Waals surface area contributed by atoms with Crippen molar-refractivity contribution in [1.82, 2.24) is 4.90 Å². The molecule has 0 aromatic carbocycles. The van der Waals surface area contributed by atoms with Crippen molar-refractivity contribution in [2.75, 3.05) is 12.8 Å². The molecule has 24 heavy (non-hydrogen) atoms. The van der Waals surface area contributed by atoms with Crippen LogP contribution in [0.3, 0.4) is 0 Å². The molecule has 1 aliphatic rings. The van der Waals surface area contributed by atoms with Crippen molar-refractivity contribution in [2.24, 2.45) is 0 Å². The molecule has 140 valence electrons. The maximum Gasteiger partial charge on any atom is 0.411 e. The van der Waals surface area contributed by atoms with E-state index in [1.807, 2.05) is 0 Å². The van der Waals surface area contributed by atoms with E-state index in [0.29, 0.717) is 0 Å². The van der Waals surface area contributed by atoms with Crippen molar-refractivity contribution in [2.45, 2.75) is 71.3 Å². The normalized spacial score (nSPS) is 22.4. The van der Waals surface area contributed by atoms with Crippen molar-refractivity contribution >= 4 is 22.2 Å². The molecular weight excluding hydrogens is 338 g/mol. The van der Waals surface area contributed by atoms with E-state index in [1.165, 1.54) is 0 Å². The molecule has 8 nitrogen and oxygen atoms in total. The molecule has 1 aliphatic heterocycles. The van der Waals surface area contributed by atoms with Gasteiger partial charge < -0.3 is 9.47 Å². The number of ether oxygens (including phenoxy) is 2. The lowest BCUT2D eigenvalue weighted by Crippen LogP contribution is -2.50. The fourth-order valence-corrected chi connectivity index (χ4v) is 2.91. The Balaban J connectivity index is 3.05. The second-order valence-electron chi connectivity index (χ2n) is 7.78. The van der Waals surface area contributed by atoms with E-state index in [0.717, 1.165) is 11.2 Å². The van der Waals surface area contributed by atoms with Gasteiger partial charge in [-0.25, -0.2) is 9.59 Å². The molecule has 0 radical (unpaired) electrons. The predicted molar refractivity (Wildman–Crippen MR) is 86.9 cm³/mol. The maximum absolute atomic E-state index is 12.5. The van der Waals surface area contributed by atoms with Crippen molar-refractivity contribution in [3.8, 4) is 0 Å². The molecule has 1 fully saturated rings. The number of nitrogens with zero attached hydrogens (tertiary/aromatic N) is 1. The van der Waals surface area contributed by atoms with Gasteiger partial charge >= 0.3 is 12.1 Å². The van der Waals surface area contributed by atoms with Crippen LogP contribution in [0, 0.1) is 0 Å². The van der Waals surface area contributed by atoms with Gasteiger partial charge in [0.05, 0.1) is 6.26 Å². The van der Waals surface area contributed by atoms with Crippen LogP contribution in [0.25, 0.3) is 0 Å². The van der Waals surface area contributed by atoms with Crippen LogP contribution in [-0.4, -0.2) is 61.5 Å². The van der Waals surface area contributed by atoms with Crippen LogP contribution in [-0.2, 0) is 28.6 Å². The second kappa shape index (κ2) is 6.87. The fourth-order valence-electron chi connectivity index (χ4n) is 2.26. The second-order valence-corrected chi connectivity index (χ2v) is 9.38. The lowest BCUT2D eigenvalue weighted by Gasteiger charge is -2.31. The molecule has 0 aromatic rings. The summed E-state index contributed by atoms with van der Waals surface area (Å²) < 4.78 is 38.5. The molecule has 0 N–H and O–H groups in total. The minimum atomic E-state index is -3.79. The van der Waals surface area contributed by atoms with Crippen molar-refractivity contribution in [3.63, 3.8) is 0 Å². The summed E-state index contributed by atoms with van der Waals surface area (Å²) in [5.41, 5.74) is -1.53. The van der Waals surface area contributed by atoms with Gasteiger partial charge in [-0.05, 0) is 48.0 Å². The summed E-state index contributed by atoms with van der Waals surface area (Å²) in [7, 11) is -3.79. The summed E-state index contributed by atoms with van der Waals surface area (Å²) in [5.74, 6) is -0.723. The molecule has 9 heteroatoms. The van der Waals surface area contributed by atoms with E-state index in [1.54, 1.807) is 41.5 Å². The van der Waals surface area contributed by atoms with Crippen molar-refractivity contribution in [3.05, 3.63) is 0 Å². The average Bonchev–Trinajstić information content (AvgIpc) is 2.65. The highest BCUT2D eigenvalue weighted by Crippen LogP contribution is 2.27. The summed E-state index contributed by atoms with van der Waals surface area (Å²) >= 11 is 0. The predicted octanol–water partition coefficient (Wildman–Crippen LogP) is 1.68. The zero-order valence-corrected chi connectivity index (χ0v) is 16.1. The first-order chi connectivity index (χ1) is 10.6. The summed E-state index contributed by atoms with van der Waals surface area (Å²) in [6.07, 6.45) is -0.619. The number of hydrogen-bond donors (Lipinski definition) is 0. The average molecular weight is 365 g/mol. The van der Waals surface area contributed by atoms with E-state index < -0.39 is 45.5 Å². The third kappa shape index (κ3) is 6.64. The molecule has 0 spiro atoms. The standard InChI is InChI=1S/C15H27NO7S/c1-14(2,3)21-12(17)11-10(23-24(7,19)20)8-9-16(11)13(18)22-15(4,5)6/h10-11H,8-9H2,1-7H3/t10-,11-/m0/s1. The molecular formula is C15H27NO7S. The largest absolute Gasteiger partial charge is 0.458 e. The Labute approximate surface area is 143 Å². The molecule has 1 saturated heterocycles. The quantitative estimate of drug-likeness (QED) is 0.554. The summed E-state index contributed by atoms with van der Waals surface area (Å²) in [4.78, 5) is 26.0. The van der Waals surface area contributed by atoms with Gasteiger partial charge in [0.2, 0.25) is 0 Å². The SMILES string of the molecule is CC(C)(C)OC(=O)[C@@H]1[C@@H](OS(C)(=O)=O)CCN1C(=O)OC(C)(C)C. The Kier molecular flexibility index (Phi) is 5.93. The summed E-state index contributed by atoms with van der Waals surface area (Å²) in [6.45, 7) is 10.3. The van der Waals surface area contributed by atoms with Gasteiger partial charge in [0, 0.05) is 6.54 Å². The minimum absolute atomic E-state index is 0.138. The van der Waals surface area contributed by atoms with Crippen LogP contribution in [0.5, 0.6) is 0 Å². The van der Waals surface area contributed by atoms with Gasteiger partial charge in [-0.15, -0.1) is 0 Å². The van der Waals surface area contributed by atoms with E-state index in [4.69, 9.17) is 13.7 Å². The molecule has 0 saturated carbocycles. The number of carbonyl (C=O) groups excluding carboxylic acids is 2. The van der Waals surface area contributed by atoms with Gasteiger partial charge in [0.25, 0.3) is 10.1 Å². The number of esters is 1. The Morgan fingerprint density at radius 2 is 1.50 bits per heavy atom. The first kappa shape index (κ1) is 20.7. The third-order valence-corrected chi connectivity index (χ3v) is 3.51. The lowest BCUT2D eigenvalue weighted by atomic mass is 10.1. The molecule has 0 aromatic heterocycles. The first-order valence-electron chi connectivity index (χ1n) is 7.70. The highest BCUT2D eigenvalue weighted by atomic mass is 32.2. The van der Waals surface area contributed by atoms with Gasteiger partial charge in [-0.3, -0.25) is 9.08 Å². The summed E-state index contributed by atoms with van der Waals surface area (Å²) in [5, 5.41) is 0. The zero-order valence-electron chi connectivity index (χ0n) is 15.3. The van der Waals surface area contributed by atoms with Crippen LogP contribution in [0.4, 0.5) is 4.79 Å². The minimum Gasteiger partial charge on any atom is -0.458 e. The third-order valence-electron chi connectivity index (χ3n) is 2.92. The number of likely N-dealkylation sites (tertiary alicyclic amines) is 1. The summed E-state index contributed by atoms with van der Waals surface area (Å²) in [6, 6.07) is -1.17. The van der Waals surface area contributed by atoms with E-state index in [9.17, 15) is 18.0 Å². The van der Waals surface area contributed by atoms with Crippen LogP contribution in [0.2, 0.25) is 0 Å². The molecule has 1 amide bonds. The van der Waals surface area contributed by atoms with Crippen molar-refractivity contribution in [1.29, 1.82) is 0 Å². The van der Waals surface area contributed by atoms with E-state index in [-0.39, 0.29) is 13.0 Å². The molecule has 0 aliphatic carbocycles. The van der Waals surface area contributed by atoms with Crippen molar-refractivity contribution < 1.29 is 31.7 Å². The molecule has 1 heterocycles. The topological polar surface area (TPSA) is 99.2 Å². The van der Waals surface area contributed by atoms with Gasteiger partial charge in [0.1, 0.15) is 17.3 Å². The molecule has 0 bridgehead atoms. The van der Waals surface area contributed by atoms with E-state index >= 15 is 0 Å². The highest BCUT2D eigenvalue weighted by Gasteiger charge is 2.47. The number of carbonyl (C=O) groups is 2. The smallest absolute Gasteiger partial charge is 0.411 e. The van der Waals surface area contributed by atoms with Gasteiger partial charge in [-0.2, -0.15) is 8.42 Å². The fraction of sp³-hybridized carbons (Fsp3) is 0.867. The maximum atomic E-state index is 12.5. The van der Waals surface area contributed by atoms with Gasteiger partial charge in [-0.1, -0.05) is 0 Å². The Bertz CT molecular complexity index is 586. The highest BCUT2D eigenvalue weighted by molar-refractivity contribution is 7.86. The number of hydrogen-bond acceptors (Lipinski definition) is 7. The Morgan fingerprint density at radius 1 is 1.00 bits per heavy atom. The number of amides is 1. The first-order valence-corrected chi connectivity index (χ1v) is 9.51. The van der Waals surface area contributed by atoms with Gasteiger partial charge in [0.15, 0.2) is 6.04 Å². The molecule has 2 atom stereocenters. The Hall–Kier alpha value is -1.35. The Morgan fingerprint density at radius 3 is 1.92 bits per heavy atom. The monoisotopic (exact) mass is 365 g/mol. The van der Waals surface area contributed by atoms with Crippen LogP contribution < -0.4 is 0 Å². The molecule has 1 rings (SSSR count).